The predicted octanol–water partition coefficient (Wildman–Crippen LogP) is 5.45. The minimum absolute atomic E-state index is 0.0128. The third-order valence-electron chi connectivity index (χ3n) is 7.27. The van der Waals surface area contributed by atoms with Crippen LogP contribution in [0.25, 0.3) is 22.2 Å². The van der Waals surface area contributed by atoms with Crippen LogP contribution in [0.2, 0.25) is 0 Å². The first-order chi connectivity index (χ1) is 21.9. The van der Waals surface area contributed by atoms with E-state index in [4.69, 9.17) is 19.9 Å². The SMILES string of the molecule is CC.CCC(C)Oc1nc(-c2cc(N)c(F)c(C)c2C(F)(F)F)c(F)c2nc(OCC3(CO)CCOC3)nc(NCC#CNC)c12. The van der Waals surface area contributed by atoms with E-state index in [0.717, 1.165) is 6.92 Å². The molecule has 1 aromatic carbocycles. The van der Waals surface area contributed by atoms with Crippen LogP contribution in [-0.4, -0.2) is 66.2 Å². The van der Waals surface area contributed by atoms with Crippen molar-refractivity contribution < 1.29 is 41.3 Å². The van der Waals surface area contributed by atoms with Crippen LogP contribution < -0.4 is 25.8 Å². The maximum Gasteiger partial charge on any atom is 0.417 e. The average molecular weight is 655 g/mol. The number of nitrogens with two attached hydrogens (primary N) is 1. The highest BCUT2D eigenvalue weighted by atomic mass is 19.4. The molecule has 2 aromatic heterocycles. The van der Waals surface area contributed by atoms with Gasteiger partial charge in [0.15, 0.2) is 5.82 Å². The van der Waals surface area contributed by atoms with Crippen molar-refractivity contribution in [2.75, 3.05) is 51.1 Å². The summed E-state index contributed by atoms with van der Waals surface area (Å²) in [7, 11) is 1.61. The Morgan fingerprint density at radius 3 is 2.50 bits per heavy atom. The maximum absolute atomic E-state index is 16.5. The van der Waals surface area contributed by atoms with Gasteiger partial charge in [0.05, 0.1) is 42.5 Å². The molecule has 0 amide bonds. The number of aromatic nitrogens is 3. The van der Waals surface area contributed by atoms with E-state index < -0.39 is 62.9 Å². The molecule has 1 aliphatic heterocycles. The van der Waals surface area contributed by atoms with Crippen molar-refractivity contribution in [2.45, 2.75) is 59.7 Å². The summed E-state index contributed by atoms with van der Waals surface area (Å²) in [5.41, 5.74) is -0.00522. The molecule has 3 aromatic rings. The third kappa shape index (κ3) is 7.79. The quantitative estimate of drug-likeness (QED) is 0.0967. The van der Waals surface area contributed by atoms with Crippen LogP contribution in [0.5, 0.6) is 11.9 Å². The molecule has 1 aliphatic rings. The van der Waals surface area contributed by atoms with E-state index in [1.165, 1.54) is 0 Å². The van der Waals surface area contributed by atoms with Crippen molar-refractivity contribution in [1.29, 1.82) is 0 Å². The van der Waals surface area contributed by atoms with Crippen molar-refractivity contribution in [3.05, 3.63) is 28.8 Å². The minimum Gasteiger partial charge on any atom is -0.474 e. The van der Waals surface area contributed by atoms with Gasteiger partial charge >= 0.3 is 12.2 Å². The molecule has 0 aliphatic carbocycles. The van der Waals surface area contributed by atoms with Crippen molar-refractivity contribution >= 4 is 22.4 Å². The normalized spacial score (nSPS) is 16.6. The van der Waals surface area contributed by atoms with Crippen LogP contribution >= 0.6 is 0 Å². The summed E-state index contributed by atoms with van der Waals surface area (Å²) in [6.45, 7) is 8.69. The number of nitrogen functional groups attached to an aromatic ring is 1. The van der Waals surface area contributed by atoms with E-state index in [2.05, 4.69) is 37.6 Å². The molecule has 1 fully saturated rings. The molecule has 0 radical (unpaired) electrons. The Bertz CT molecular complexity index is 1590. The van der Waals surface area contributed by atoms with E-state index in [1.54, 1.807) is 14.0 Å². The summed E-state index contributed by atoms with van der Waals surface area (Å²) >= 11 is 0. The average Bonchev–Trinajstić information content (AvgIpc) is 3.51. The summed E-state index contributed by atoms with van der Waals surface area (Å²) in [4.78, 5) is 12.8. The van der Waals surface area contributed by atoms with E-state index >= 15 is 4.39 Å². The van der Waals surface area contributed by atoms with Gasteiger partial charge < -0.3 is 35.7 Å². The molecule has 10 nitrogen and oxygen atoms in total. The van der Waals surface area contributed by atoms with Crippen molar-refractivity contribution in [3.63, 3.8) is 0 Å². The van der Waals surface area contributed by atoms with Crippen LogP contribution in [0.1, 0.15) is 51.7 Å². The van der Waals surface area contributed by atoms with Gasteiger partial charge in [-0.3, -0.25) is 0 Å². The number of rotatable bonds is 10. The summed E-state index contributed by atoms with van der Waals surface area (Å²) < 4.78 is 91.0. The number of ether oxygens (including phenoxy) is 3. The Kier molecular flexibility index (Phi) is 12.2. The number of hydrogen-bond donors (Lipinski definition) is 4. The van der Waals surface area contributed by atoms with Gasteiger partial charge in [-0.1, -0.05) is 26.7 Å². The predicted molar refractivity (Wildman–Crippen MR) is 164 cm³/mol. The first kappa shape index (κ1) is 36.3. The van der Waals surface area contributed by atoms with Crippen molar-refractivity contribution in [2.24, 2.45) is 5.41 Å². The second kappa shape index (κ2) is 15.4. The Morgan fingerprint density at radius 1 is 1.20 bits per heavy atom. The molecule has 252 valence electrons. The molecule has 15 heteroatoms. The van der Waals surface area contributed by atoms with Crippen LogP contribution in [0.15, 0.2) is 6.07 Å². The zero-order valence-corrected chi connectivity index (χ0v) is 26.6. The fourth-order valence-corrected chi connectivity index (χ4v) is 4.63. The smallest absolute Gasteiger partial charge is 0.417 e. The fraction of sp³-hybridized carbons (Fsp3) is 0.516. The van der Waals surface area contributed by atoms with Crippen LogP contribution in [-0.2, 0) is 10.9 Å². The third-order valence-corrected chi connectivity index (χ3v) is 7.27. The standard InChI is InChI=1S/C29H33F5N6O4.C2H6/c1-5-15(2)44-26-19-24(22(31)23(38-26)17-11-18(35)21(30)16(3)20(17)29(32,33)34)39-27(40-25(19)37-9-6-8-36-4)43-14-28(12-41)7-10-42-13-28;1-2/h11,15,36,41H,5,7,9-10,12-14,35H2,1-4H3,(H,37,39,40);1-2H3. The maximum atomic E-state index is 16.5. The number of alkyl halides is 3. The first-order valence-electron chi connectivity index (χ1n) is 14.8. The number of nitrogens with one attached hydrogen (secondary N) is 2. The lowest BCUT2D eigenvalue weighted by atomic mass is 9.90. The fourth-order valence-electron chi connectivity index (χ4n) is 4.63. The molecule has 46 heavy (non-hydrogen) atoms. The Labute approximate surface area is 264 Å². The monoisotopic (exact) mass is 654 g/mol. The van der Waals surface area contributed by atoms with Gasteiger partial charge in [-0.25, -0.2) is 13.8 Å². The molecule has 1 saturated heterocycles. The van der Waals surface area contributed by atoms with E-state index in [0.29, 0.717) is 25.5 Å². The van der Waals surface area contributed by atoms with Crippen LogP contribution in [0.3, 0.4) is 0 Å². The first-order valence-corrected chi connectivity index (χ1v) is 14.8. The topological polar surface area (TPSA) is 137 Å². The highest BCUT2D eigenvalue weighted by Gasteiger charge is 2.40. The van der Waals surface area contributed by atoms with Crippen LogP contribution in [0.4, 0.5) is 33.5 Å². The van der Waals surface area contributed by atoms with Gasteiger partial charge in [0.25, 0.3) is 0 Å². The van der Waals surface area contributed by atoms with Gasteiger partial charge in [-0.2, -0.15) is 23.1 Å². The number of pyridine rings is 1. The molecule has 0 bridgehead atoms. The number of fused-ring (bicyclic) bond motifs is 1. The molecule has 2 atom stereocenters. The number of halogens is 5. The van der Waals surface area contributed by atoms with E-state index in [1.807, 2.05) is 20.8 Å². The van der Waals surface area contributed by atoms with Gasteiger partial charge in [0.1, 0.15) is 34.8 Å². The number of aliphatic hydroxyl groups is 1. The molecule has 2 unspecified atom stereocenters. The number of anilines is 2. The zero-order chi connectivity index (χ0) is 34.2. The number of hydrogen-bond acceptors (Lipinski definition) is 10. The lowest BCUT2D eigenvalue weighted by Crippen LogP contribution is -2.33. The number of nitrogens with zero attached hydrogens (tertiary/aromatic N) is 3. The number of aliphatic hydroxyl groups excluding tert-OH is 1. The highest BCUT2D eigenvalue weighted by Crippen LogP contribution is 2.45. The Hall–Kier alpha value is -4.16. The van der Waals surface area contributed by atoms with Crippen molar-refractivity contribution in [3.8, 4) is 35.1 Å². The lowest BCUT2D eigenvalue weighted by molar-refractivity contribution is -0.137. The second-order valence-corrected chi connectivity index (χ2v) is 10.5. The zero-order valence-electron chi connectivity index (χ0n) is 26.6. The second-order valence-electron chi connectivity index (χ2n) is 10.5. The molecule has 0 saturated carbocycles. The van der Waals surface area contributed by atoms with Crippen molar-refractivity contribution in [1.82, 2.24) is 20.3 Å². The molecule has 3 heterocycles. The molecular formula is C31H39F5N6O4. The summed E-state index contributed by atoms with van der Waals surface area (Å²) in [6.07, 6.45) is -4.64. The van der Waals surface area contributed by atoms with E-state index in [9.17, 15) is 22.7 Å². The van der Waals surface area contributed by atoms with E-state index in [-0.39, 0.29) is 49.5 Å². The summed E-state index contributed by atoms with van der Waals surface area (Å²) in [5, 5.41) is 15.5. The largest absolute Gasteiger partial charge is 0.474 e. The van der Waals surface area contributed by atoms with Gasteiger partial charge in [0, 0.05) is 25.3 Å². The van der Waals surface area contributed by atoms with Crippen LogP contribution in [0, 0.1) is 35.9 Å². The Morgan fingerprint density at radius 2 is 1.91 bits per heavy atom. The molecule has 0 spiro atoms. The lowest BCUT2D eigenvalue weighted by Gasteiger charge is -2.24. The summed E-state index contributed by atoms with van der Waals surface area (Å²) in [6, 6.07) is 2.99. The Balaban J connectivity index is 0.00000282. The van der Waals surface area contributed by atoms with Gasteiger partial charge in [0.2, 0.25) is 5.88 Å². The molecular weight excluding hydrogens is 615 g/mol. The molecule has 4 rings (SSSR count). The minimum atomic E-state index is -5.09. The number of benzene rings is 1. The van der Waals surface area contributed by atoms with Gasteiger partial charge in [-0.15, -0.1) is 0 Å². The summed E-state index contributed by atoms with van der Waals surface area (Å²) in [5.74, 6) is -0.0669. The molecule has 5 N–H and O–H groups in total. The van der Waals surface area contributed by atoms with Gasteiger partial charge in [-0.05, 0) is 38.3 Å². The highest BCUT2D eigenvalue weighted by molar-refractivity contribution is 5.96.